The standard InChI is InChI=1S/C35H49FIN5O5Si2/c1-9-24-18-31(47-23-46-15-17-49(6,7)8)27(36)19-26(24)28-20-30-32(33(37)40-42(30)22-45-14-16-48(3,4)5)34(39-28)38-21-25-12-10-11-13-29(25)41(2)35(43)44/h10-13,18-20H,9,14-17,21-23H2,1-8H3,(H,38,39)(H,43,44). The van der Waals surface area contributed by atoms with Crippen molar-refractivity contribution < 1.29 is 28.5 Å². The van der Waals surface area contributed by atoms with Gasteiger partial charge in [0.1, 0.15) is 16.2 Å². The molecule has 0 unspecified atom stereocenters. The second-order valence-electron chi connectivity index (χ2n) is 14.5. The number of carboxylic acid groups (broad SMARTS) is 1. The maximum Gasteiger partial charge on any atom is 0.411 e. The van der Waals surface area contributed by atoms with Crippen LogP contribution in [0.25, 0.3) is 22.2 Å². The molecule has 1 amide bonds. The van der Waals surface area contributed by atoms with Crippen molar-refractivity contribution in [1.29, 1.82) is 0 Å². The highest BCUT2D eigenvalue weighted by Gasteiger charge is 2.21. The minimum atomic E-state index is -1.28. The highest BCUT2D eigenvalue weighted by Crippen LogP contribution is 2.36. The van der Waals surface area contributed by atoms with Gasteiger partial charge in [0.2, 0.25) is 0 Å². The lowest BCUT2D eigenvalue weighted by atomic mass is 10.0. The SMILES string of the molecule is CCc1cc(OCOCC[Si](C)(C)C)c(F)cc1-c1cc2c(c(I)nn2COCC[Si](C)(C)C)c(NCc2ccccc2N(C)C(=O)O)n1. The summed E-state index contributed by atoms with van der Waals surface area (Å²) < 4.78 is 35.6. The highest BCUT2D eigenvalue weighted by atomic mass is 127. The molecule has 2 N–H and O–H groups in total. The molecule has 10 nitrogen and oxygen atoms in total. The molecule has 4 aromatic rings. The van der Waals surface area contributed by atoms with Crippen LogP contribution in [0.1, 0.15) is 18.1 Å². The summed E-state index contributed by atoms with van der Waals surface area (Å²) >= 11 is 2.20. The van der Waals surface area contributed by atoms with Gasteiger partial charge < -0.3 is 24.6 Å². The summed E-state index contributed by atoms with van der Waals surface area (Å²) in [5.74, 6) is 0.194. The molecular formula is C35H49FIN5O5Si2. The zero-order chi connectivity index (χ0) is 35.9. The van der Waals surface area contributed by atoms with Crippen LogP contribution in [0.2, 0.25) is 51.4 Å². The molecule has 0 saturated heterocycles. The third-order valence-electron chi connectivity index (χ3n) is 8.10. The molecule has 0 aliphatic heterocycles. The van der Waals surface area contributed by atoms with Crippen LogP contribution < -0.4 is 15.0 Å². The molecule has 0 atom stereocenters. The van der Waals surface area contributed by atoms with E-state index in [0.717, 1.165) is 37.8 Å². The number of carbonyl (C=O) groups is 1. The van der Waals surface area contributed by atoms with Crippen molar-refractivity contribution in [2.45, 2.75) is 78.0 Å². The minimum absolute atomic E-state index is 0.0178. The summed E-state index contributed by atoms with van der Waals surface area (Å²) in [5.41, 5.74) is 4.21. The third kappa shape index (κ3) is 10.7. The van der Waals surface area contributed by atoms with Crippen LogP contribution >= 0.6 is 22.6 Å². The Balaban J connectivity index is 1.72. The smallest absolute Gasteiger partial charge is 0.411 e. The Morgan fingerprint density at radius 1 is 1.02 bits per heavy atom. The summed E-state index contributed by atoms with van der Waals surface area (Å²) in [6, 6.07) is 14.5. The van der Waals surface area contributed by atoms with E-state index < -0.39 is 28.1 Å². The normalized spacial score (nSPS) is 12.0. The number of benzene rings is 2. The number of para-hydroxylation sites is 1. The van der Waals surface area contributed by atoms with Crippen LogP contribution in [-0.2, 0) is 29.2 Å². The average Bonchev–Trinajstić information content (AvgIpc) is 3.35. The number of pyridine rings is 1. The Bertz CT molecular complexity index is 1760. The fraction of sp³-hybridized carbons (Fsp3) is 0.457. The summed E-state index contributed by atoms with van der Waals surface area (Å²) in [5, 5.41) is 18.7. The largest absolute Gasteiger partial charge is 0.465 e. The zero-order valence-electron chi connectivity index (χ0n) is 29.8. The van der Waals surface area contributed by atoms with Crippen LogP contribution in [-0.4, -0.2) is 69.2 Å². The lowest BCUT2D eigenvalue weighted by Gasteiger charge is -2.19. The van der Waals surface area contributed by atoms with E-state index in [0.29, 0.717) is 48.9 Å². The summed E-state index contributed by atoms with van der Waals surface area (Å²) in [6.45, 7) is 17.6. The number of ether oxygens (including phenoxy) is 3. The van der Waals surface area contributed by atoms with Gasteiger partial charge in [-0.05, 0) is 76.5 Å². The summed E-state index contributed by atoms with van der Waals surface area (Å²) in [4.78, 5) is 18.0. The minimum Gasteiger partial charge on any atom is -0.465 e. The first-order valence-corrected chi connectivity index (χ1v) is 25.0. The molecule has 2 heterocycles. The molecule has 0 bridgehead atoms. The van der Waals surface area contributed by atoms with E-state index in [1.807, 2.05) is 29.8 Å². The molecule has 0 radical (unpaired) electrons. The Hall–Kier alpha value is -3.06. The average molecular weight is 822 g/mol. The van der Waals surface area contributed by atoms with Gasteiger partial charge in [-0.1, -0.05) is 64.4 Å². The van der Waals surface area contributed by atoms with Crippen LogP contribution in [0.15, 0.2) is 42.5 Å². The molecule has 2 aromatic carbocycles. The lowest BCUT2D eigenvalue weighted by molar-refractivity contribution is 0.0197. The molecule has 0 aliphatic rings. The highest BCUT2D eigenvalue weighted by molar-refractivity contribution is 14.1. The molecule has 49 heavy (non-hydrogen) atoms. The van der Waals surface area contributed by atoms with E-state index in [1.165, 1.54) is 18.0 Å². The van der Waals surface area contributed by atoms with E-state index in [4.69, 9.17) is 24.3 Å². The number of rotatable bonds is 17. The van der Waals surface area contributed by atoms with Gasteiger partial charge in [-0.25, -0.2) is 18.9 Å². The van der Waals surface area contributed by atoms with Crippen LogP contribution in [0, 0.1) is 9.52 Å². The Labute approximate surface area is 304 Å². The quantitative estimate of drug-likeness (QED) is 0.0470. The predicted molar refractivity (Wildman–Crippen MR) is 209 cm³/mol. The number of fused-ring (bicyclic) bond motifs is 1. The van der Waals surface area contributed by atoms with Gasteiger partial charge in [-0.2, -0.15) is 5.10 Å². The number of aromatic nitrogens is 3. The summed E-state index contributed by atoms with van der Waals surface area (Å²) in [7, 11) is -1.01. The first-order chi connectivity index (χ1) is 23.1. The topological polar surface area (TPSA) is 111 Å². The Kier molecular flexibility index (Phi) is 13.3. The van der Waals surface area contributed by atoms with Crippen molar-refractivity contribution in [3.8, 4) is 17.0 Å². The third-order valence-corrected chi connectivity index (χ3v) is 12.3. The van der Waals surface area contributed by atoms with E-state index in [2.05, 4.69) is 67.2 Å². The molecule has 0 aliphatic carbocycles. The number of nitrogens with zero attached hydrogens (tertiary/aromatic N) is 4. The molecule has 0 spiro atoms. The molecule has 2 aromatic heterocycles. The number of amides is 1. The maximum absolute atomic E-state index is 15.6. The van der Waals surface area contributed by atoms with Crippen molar-refractivity contribution in [3.63, 3.8) is 0 Å². The Morgan fingerprint density at radius 3 is 2.35 bits per heavy atom. The van der Waals surface area contributed by atoms with E-state index in [9.17, 15) is 9.90 Å². The fourth-order valence-corrected chi connectivity index (χ4v) is 7.40. The first kappa shape index (κ1) is 38.7. The van der Waals surface area contributed by atoms with Crippen molar-refractivity contribution in [3.05, 3.63) is 63.1 Å². The van der Waals surface area contributed by atoms with Gasteiger partial charge in [0, 0.05) is 48.5 Å². The van der Waals surface area contributed by atoms with Crippen LogP contribution in [0.3, 0.4) is 0 Å². The van der Waals surface area contributed by atoms with E-state index >= 15 is 4.39 Å². The van der Waals surface area contributed by atoms with Gasteiger partial charge in [-0.3, -0.25) is 4.90 Å². The van der Waals surface area contributed by atoms with Gasteiger partial charge in [0.25, 0.3) is 0 Å². The van der Waals surface area contributed by atoms with E-state index in [-0.39, 0.29) is 19.3 Å². The summed E-state index contributed by atoms with van der Waals surface area (Å²) in [6.07, 6.45) is -0.434. The number of halogens is 2. The zero-order valence-corrected chi connectivity index (χ0v) is 34.0. The van der Waals surface area contributed by atoms with Crippen LogP contribution in [0.5, 0.6) is 5.75 Å². The van der Waals surface area contributed by atoms with E-state index in [1.54, 1.807) is 18.2 Å². The molecule has 0 fully saturated rings. The number of hydrogen-bond donors (Lipinski definition) is 2. The monoisotopic (exact) mass is 821 g/mol. The van der Waals surface area contributed by atoms with Crippen LogP contribution in [0.4, 0.5) is 20.7 Å². The molecule has 4 rings (SSSR count). The molecule has 14 heteroatoms. The van der Waals surface area contributed by atoms with Gasteiger partial charge in [0.05, 0.1) is 22.3 Å². The molecule has 266 valence electrons. The van der Waals surface area contributed by atoms with Gasteiger partial charge in [-0.15, -0.1) is 0 Å². The number of aryl methyl sites for hydroxylation is 1. The number of hydrogen-bond acceptors (Lipinski definition) is 7. The lowest BCUT2D eigenvalue weighted by Crippen LogP contribution is -2.25. The van der Waals surface area contributed by atoms with Gasteiger partial charge in [0.15, 0.2) is 18.4 Å². The predicted octanol–water partition coefficient (Wildman–Crippen LogP) is 9.13. The van der Waals surface area contributed by atoms with Crippen molar-refractivity contribution >= 4 is 67.2 Å². The Morgan fingerprint density at radius 2 is 1.69 bits per heavy atom. The van der Waals surface area contributed by atoms with Crippen molar-refractivity contribution in [2.24, 2.45) is 0 Å². The second-order valence-corrected chi connectivity index (χ2v) is 26.8. The van der Waals surface area contributed by atoms with Gasteiger partial charge >= 0.3 is 6.09 Å². The maximum atomic E-state index is 15.6. The number of nitrogens with one attached hydrogen (secondary N) is 1. The molecule has 0 saturated carbocycles. The first-order valence-electron chi connectivity index (χ1n) is 16.5. The second kappa shape index (κ2) is 16.8. The molecular weight excluding hydrogens is 772 g/mol. The van der Waals surface area contributed by atoms with Crippen molar-refractivity contribution in [2.75, 3.05) is 37.3 Å². The van der Waals surface area contributed by atoms with Crippen molar-refractivity contribution in [1.82, 2.24) is 14.8 Å². The number of anilines is 2. The fourth-order valence-electron chi connectivity index (χ4n) is 5.09.